The van der Waals surface area contributed by atoms with Crippen LogP contribution in [0.1, 0.15) is 5.56 Å². The molecule has 110 valence electrons. The zero-order valence-corrected chi connectivity index (χ0v) is 13.5. The van der Waals surface area contributed by atoms with E-state index in [-0.39, 0.29) is 5.75 Å². The Bertz CT molecular complexity index is 888. The smallest absolute Gasteiger partial charge is 0.216 e. The van der Waals surface area contributed by atoms with E-state index in [0.717, 1.165) is 4.47 Å². The SMILES string of the molecule is Oc1ccc(Br)cc1/C=N\n1c(-c2ccccn2)n[nH]c1=S. The van der Waals surface area contributed by atoms with Crippen LogP contribution in [0.25, 0.3) is 11.5 Å². The highest BCUT2D eigenvalue weighted by Crippen LogP contribution is 2.20. The van der Waals surface area contributed by atoms with Crippen molar-refractivity contribution in [3.63, 3.8) is 0 Å². The Morgan fingerprint density at radius 3 is 2.95 bits per heavy atom. The maximum absolute atomic E-state index is 9.84. The zero-order chi connectivity index (χ0) is 15.5. The first-order valence-electron chi connectivity index (χ1n) is 6.27. The van der Waals surface area contributed by atoms with E-state index in [4.69, 9.17) is 12.2 Å². The van der Waals surface area contributed by atoms with Crippen molar-refractivity contribution in [2.75, 3.05) is 0 Å². The quantitative estimate of drug-likeness (QED) is 0.543. The van der Waals surface area contributed by atoms with Gasteiger partial charge in [0.1, 0.15) is 11.4 Å². The highest BCUT2D eigenvalue weighted by Gasteiger charge is 2.09. The number of phenols is 1. The number of nitrogens with one attached hydrogen (secondary N) is 1. The number of hydrogen-bond donors (Lipinski definition) is 2. The van der Waals surface area contributed by atoms with E-state index in [2.05, 4.69) is 36.2 Å². The molecule has 22 heavy (non-hydrogen) atoms. The Morgan fingerprint density at radius 1 is 1.32 bits per heavy atom. The molecule has 2 heterocycles. The van der Waals surface area contributed by atoms with Crippen LogP contribution in [0.5, 0.6) is 5.75 Å². The first-order valence-corrected chi connectivity index (χ1v) is 7.47. The minimum absolute atomic E-state index is 0.126. The Morgan fingerprint density at radius 2 is 2.18 bits per heavy atom. The van der Waals surface area contributed by atoms with Gasteiger partial charge >= 0.3 is 0 Å². The highest BCUT2D eigenvalue weighted by molar-refractivity contribution is 9.10. The van der Waals surface area contributed by atoms with Crippen molar-refractivity contribution in [2.45, 2.75) is 0 Å². The van der Waals surface area contributed by atoms with Gasteiger partial charge in [-0.3, -0.25) is 4.98 Å². The largest absolute Gasteiger partial charge is 0.507 e. The average molecular weight is 376 g/mol. The van der Waals surface area contributed by atoms with Gasteiger partial charge in [0.25, 0.3) is 0 Å². The standard InChI is InChI=1S/C14H10BrN5OS/c15-10-4-5-12(21)9(7-10)8-17-20-13(18-19-14(20)22)11-3-1-2-6-16-11/h1-8,21H,(H,19,22)/b17-8-. The monoisotopic (exact) mass is 375 g/mol. The lowest BCUT2D eigenvalue weighted by molar-refractivity contribution is 0.474. The summed E-state index contributed by atoms with van der Waals surface area (Å²) in [5.41, 5.74) is 1.20. The van der Waals surface area contributed by atoms with Crippen LogP contribution in [0.3, 0.4) is 0 Å². The van der Waals surface area contributed by atoms with E-state index in [1.165, 1.54) is 10.9 Å². The van der Waals surface area contributed by atoms with Crippen molar-refractivity contribution < 1.29 is 5.11 Å². The van der Waals surface area contributed by atoms with Crippen molar-refractivity contribution >= 4 is 34.4 Å². The van der Waals surface area contributed by atoms with Gasteiger partial charge in [-0.2, -0.15) is 14.9 Å². The fraction of sp³-hybridized carbons (Fsp3) is 0. The Kier molecular flexibility index (Phi) is 4.12. The topological polar surface area (TPSA) is 79.1 Å². The summed E-state index contributed by atoms with van der Waals surface area (Å²) < 4.78 is 2.64. The molecule has 3 rings (SSSR count). The van der Waals surface area contributed by atoms with Crippen LogP contribution in [0.2, 0.25) is 0 Å². The Labute approximate surface area is 139 Å². The number of phenolic OH excluding ortho intramolecular Hbond substituents is 1. The summed E-state index contributed by atoms with van der Waals surface area (Å²) in [7, 11) is 0. The van der Waals surface area contributed by atoms with E-state index < -0.39 is 0 Å². The molecule has 0 unspecified atom stereocenters. The lowest BCUT2D eigenvalue weighted by Gasteiger charge is -2.01. The van der Waals surface area contributed by atoms with Gasteiger partial charge in [0.2, 0.25) is 10.6 Å². The molecule has 0 atom stereocenters. The first kappa shape index (κ1) is 14.6. The number of benzene rings is 1. The van der Waals surface area contributed by atoms with E-state index in [1.54, 1.807) is 24.4 Å². The minimum atomic E-state index is 0.126. The summed E-state index contributed by atoms with van der Waals surface area (Å²) >= 11 is 8.53. The minimum Gasteiger partial charge on any atom is -0.507 e. The molecule has 0 fully saturated rings. The van der Waals surface area contributed by atoms with Gasteiger partial charge in [0, 0.05) is 16.2 Å². The maximum Gasteiger partial charge on any atom is 0.216 e. The molecule has 0 spiro atoms. The fourth-order valence-electron chi connectivity index (χ4n) is 1.81. The summed E-state index contributed by atoms with van der Waals surface area (Å²) in [6.07, 6.45) is 3.18. The molecule has 2 N–H and O–H groups in total. The summed E-state index contributed by atoms with van der Waals surface area (Å²) in [4.78, 5) is 4.23. The zero-order valence-electron chi connectivity index (χ0n) is 11.1. The van der Waals surface area contributed by atoms with Crippen LogP contribution in [-0.4, -0.2) is 31.2 Å². The summed E-state index contributed by atoms with van der Waals surface area (Å²) in [6.45, 7) is 0. The van der Waals surface area contributed by atoms with Crippen molar-refractivity contribution in [3.8, 4) is 17.3 Å². The van der Waals surface area contributed by atoms with Gasteiger partial charge in [0.15, 0.2) is 0 Å². The number of halogens is 1. The van der Waals surface area contributed by atoms with E-state index in [1.807, 2.05) is 18.2 Å². The molecule has 8 heteroatoms. The number of pyridine rings is 1. The average Bonchev–Trinajstić information content (AvgIpc) is 2.90. The molecule has 0 aliphatic carbocycles. The predicted octanol–water partition coefficient (Wildman–Crippen LogP) is 3.35. The third-order valence-electron chi connectivity index (χ3n) is 2.85. The molecular formula is C14H10BrN5OS. The van der Waals surface area contributed by atoms with Gasteiger partial charge in [-0.25, -0.2) is 5.10 Å². The fourth-order valence-corrected chi connectivity index (χ4v) is 2.37. The highest BCUT2D eigenvalue weighted by atomic mass is 79.9. The van der Waals surface area contributed by atoms with E-state index in [0.29, 0.717) is 21.9 Å². The van der Waals surface area contributed by atoms with Crippen LogP contribution in [-0.2, 0) is 0 Å². The van der Waals surface area contributed by atoms with Crippen LogP contribution in [0.15, 0.2) is 52.2 Å². The molecule has 2 aromatic heterocycles. The second-order valence-electron chi connectivity index (χ2n) is 4.33. The van der Waals surface area contributed by atoms with Crippen molar-refractivity contribution in [2.24, 2.45) is 5.10 Å². The number of aromatic nitrogens is 4. The lowest BCUT2D eigenvalue weighted by Crippen LogP contribution is -1.96. The number of hydrogen-bond acceptors (Lipinski definition) is 5. The van der Waals surface area contributed by atoms with E-state index >= 15 is 0 Å². The van der Waals surface area contributed by atoms with E-state index in [9.17, 15) is 5.11 Å². The van der Waals surface area contributed by atoms with Gasteiger partial charge in [0.05, 0.1) is 6.21 Å². The number of aromatic amines is 1. The molecule has 3 aromatic rings. The lowest BCUT2D eigenvalue weighted by atomic mass is 10.2. The molecule has 0 aliphatic heterocycles. The molecule has 0 radical (unpaired) electrons. The summed E-state index contributed by atoms with van der Waals surface area (Å²) in [5.74, 6) is 0.623. The van der Waals surface area contributed by atoms with Gasteiger partial charge in [-0.05, 0) is 42.5 Å². The molecule has 0 aliphatic rings. The van der Waals surface area contributed by atoms with Crippen LogP contribution in [0, 0.1) is 4.77 Å². The van der Waals surface area contributed by atoms with Crippen molar-refractivity contribution in [1.29, 1.82) is 0 Å². The molecule has 0 bridgehead atoms. The molecule has 0 saturated carbocycles. The van der Waals surface area contributed by atoms with Crippen LogP contribution in [0.4, 0.5) is 0 Å². The van der Waals surface area contributed by atoms with Crippen LogP contribution < -0.4 is 0 Å². The predicted molar refractivity (Wildman–Crippen MR) is 89.4 cm³/mol. The first-order chi connectivity index (χ1) is 10.6. The molecule has 0 saturated heterocycles. The number of aromatic hydroxyl groups is 1. The summed E-state index contributed by atoms with van der Waals surface area (Å²) in [6, 6.07) is 10.6. The number of rotatable bonds is 3. The second-order valence-corrected chi connectivity index (χ2v) is 5.63. The van der Waals surface area contributed by atoms with Crippen molar-refractivity contribution in [1.82, 2.24) is 19.9 Å². The third-order valence-corrected chi connectivity index (χ3v) is 3.60. The number of nitrogens with zero attached hydrogens (tertiary/aromatic N) is 4. The summed E-state index contributed by atoms with van der Waals surface area (Å²) in [5, 5.41) is 20.9. The normalized spacial score (nSPS) is 11.1. The second kappa shape index (κ2) is 6.20. The molecular weight excluding hydrogens is 366 g/mol. The molecule has 1 aromatic carbocycles. The van der Waals surface area contributed by atoms with Gasteiger partial charge in [-0.1, -0.05) is 22.0 Å². The van der Waals surface area contributed by atoms with Crippen LogP contribution >= 0.6 is 28.1 Å². The molecule has 0 amide bonds. The molecule has 6 nitrogen and oxygen atoms in total. The maximum atomic E-state index is 9.84. The Balaban J connectivity index is 2.03. The number of H-pyrrole nitrogens is 1. The van der Waals surface area contributed by atoms with Gasteiger partial charge < -0.3 is 5.11 Å². The third kappa shape index (κ3) is 2.97. The van der Waals surface area contributed by atoms with Crippen molar-refractivity contribution in [3.05, 3.63) is 57.4 Å². The van der Waals surface area contributed by atoms with Gasteiger partial charge in [-0.15, -0.1) is 0 Å². The Hall–Kier alpha value is -2.32.